The van der Waals surface area contributed by atoms with Crippen LogP contribution in [-0.4, -0.2) is 104 Å². The van der Waals surface area contributed by atoms with Gasteiger partial charge in [0.15, 0.2) is 12.1 Å². The molecule has 5 rings (SSSR count). The molecule has 1 fully saturated rings. The van der Waals surface area contributed by atoms with Gasteiger partial charge in [0.1, 0.15) is 23.4 Å². The van der Waals surface area contributed by atoms with Crippen molar-refractivity contribution >= 4 is 18.0 Å². The van der Waals surface area contributed by atoms with Crippen molar-refractivity contribution in [2.24, 2.45) is 5.73 Å². The Kier molecular flexibility index (Phi) is 7.73. The summed E-state index contributed by atoms with van der Waals surface area (Å²) in [5.41, 5.74) is 1.56. The number of ketones is 2. The zero-order chi connectivity index (χ0) is 33.6. The van der Waals surface area contributed by atoms with Crippen molar-refractivity contribution in [2.75, 3.05) is 13.6 Å². The van der Waals surface area contributed by atoms with Crippen molar-refractivity contribution in [1.82, 2.24) is 0 Å². The van der Waals surface area contributed by atoms with E-state index in [0.29, 0.717) is 0 Å². The van der Waals surface area contributed by atoms with Gasteiger partial charge in [-0.3, -0.25) is 14.4 Å². The summed E-state index contributed by atoms with van der Waals surface area (Å²) in [6, 6.07) is 2.94. The highest BCUT2D eigenvalue weighted by Gasteiger charge is 2.50. The van der Waals surface area contributed by atoms with E-state index in [1.165, 1.54) is 18.2 Å². The minimum Gasteiger partial charge on any atom is -0.507 e. The van der Waals surface area contributed by atoms with Crippen LogP contribution in [0.5, 0.6) is 17.2 Å². The highest BCUT2D eigenvalue weighted by molar-refractivity contribution is 6.31. The van der Waals surface area contributed by atoms with E-state index in [1.54, 1.807) is 6.92 Å². The maximum atomic E-state index is 13.8. The second kappa shape index (κ2) is 11.9. The number of carbonyl (C=O) groups excluding carboxylic acids is 2. The molecule has 0 bridgehead atoms. The zero-order valence-corrected chi connectivity index (χ0v) is 22.3. The third-order valence-corrected chi connectivity index (χ3v) is 7.86. The minimum atomic E-state index is -2.97. The maximum absolute atomic E-state index is 13.8. The van der Waals surface area contributed by atoms with Crippen LogP contribution in [-0.2, 0) is 20.7 Å². The summed E-state index contributed by atoms with van der Waals surface area (Å²) in [4.78, 5) is 35.8. The molecule has 1 saturated heterocycles. The van der Waals surface area contributed by atoms with Crippen LogP contribution >= 0.6 is 0 Å². The molecule has 14 nitrogen and oxygen atoms in total. The van der Waals surface area contributed by atoms with Crippen LogP contribution in [0.4, 0.5) is 0 Å². The monoisotopic (exact) mass is 595 g/mol. The quantitative estimate of drug-likeness (QED) is 0.105. The number of phenolic OH excluding ortho intramolecular Hbond substituents is 2. The van der Waals surface area contributed by atoms with Crippen molar-refractivity contribution in [3.05, 3.63) is 51.6 Å². The van der Waals surface area contributed by atoms with E-state index in [1.807, 2.05) is 0 Å². The fraction of sp³-hybridized carbons (Fsp3) is 0.464. The third-order valence-electron chi connectivity index (χ3n) is 7.86. The molecular weight excluding hydrogens is 559 g/mol. The summed E-state index contributed by atoms with van der Waals surface area (Å²) in [6.45, 7) is 0.433. The first-order valence-corrected chi connectivity index (χ1v) is 12.8. The molecule has 7 atom stereocenters. The van der Waals surface area contributed by atoms with Crippen molar-refractivity contribution in [1.29, 1.82) is 0 Å². The summed E-state index contributed by atoms with van der Waals surface area (Å²) in [5.74, 6) is -3.91. The van der Waals surface area contributed by atoms with Gasteiger partial charge in [-0.25, -0.2) is 0 Å². The largest absolute Gasteiger partial charge is 0.507 e. The number of rotatable bonds is 5. The predicted octanol–water partition coefficient (Wildman–Crippen LogP) is -0.506. The van der Waals surface area contributed by atoms with Crippen LogP contribution in [0.2, 0.25) is 0 Å². The van der Waals surface area contributed by atoms with Crippen LogP contribution in [0.15, 0.2) is 18.2 Å². The van der Waals surface area contributed by atoms with Gasteiger partial charge in [-0.2, -0.15) is 0 Å². The highest BCUT2D eigenvalue weighted by atomic mass is 16.7. The number of methoxy groups -OCH3 is 1. The summed E-state index contributed by atoms with van der Waals surface area (Å²) in [6.07, 6.45) is -7.00. The normalized spacial score (nSPS) is 30.2. The van der Waals surface area contributed by atoms with E-state index >= 15 is 0 Å². The molecule has 2 aliphatic carbocycles. The van der Waals surface area contributed by atoms with Gasteiger partial charge in [-0.15, -0.1) is 0 Å². The molecule has 14 heteroatoms. The number of aromatic hydroxyl groups is 2. The molecule has 1 heterocycles. The Bertz CT molecular complexity index is 1490. The number of aliphatic hydroxyl groups is 4. The molecule has 1 aliphatic heterocycles. The molecule has 9 N–H and O–H groups in total. The smallest absolute Gasteiger partial charge is 0.290 e. The standard InChI is InChI=1S/C27H31NO11.CH2O2/c1-10-22(31)13(28)6-17(38-10)39-15-8-27(36,16(30)9-29)7-12-19(15)26(35)21-20(24(12)33)23(32)11-4-3-5-14(37-2)18(11)25(21)34;2-1-3/h3-5,10,13,15-17,22,29-31,33,35-36H,6-9,28H2,1-2H3;1H,(H,2,3)/t10-,13-,15-,16+,17-,22+,27-;/m0./s1/i2+1D3;. The van der Waals surface area contributed by atoms with Crippen molar-refractivity contribution in [3.63, 3.8) is 0 Å². The number of benzene rings is 2. The molecule has 42 heavy (non-hydrogen) atoms. The first kappa shape index (κ1) is 27.2. The Hall–Kier alpha value is -3.63. The number of fused-ring (bicyclic) bond motifs is 3. The molecule has 0 saturated carbocycles. The van der Waals surface area contributed by atoms with E-state index in [-0.39, 0.29) is 29.6 Å². The van der Waals surface area contributed by atoms with E-state index in [4.69, 9.17) is 34.0 Å². The van der Waals surface area contributed by atoms with Gasteiger partial charge in [0, 0.05) is 42.0 Å². The van der Waals surface area contributed by atoms with Crippen LogP contribution in [0.25, 0.3) is 0 Å². The Morgan fingerprint density at radius 2 is 1.88 bits per heavy atom. The Morgan fingerprint density at radius 1 is 1.21 bits per heavy atom. The summed E-state index contributed by atoms with van der Waals surface area (Å²) in [5, 5.41) is 71.5. The Balaban J connectivity index is 0.00000148. The van der Waals surface area contributed by atoms with E-state index in [2.05, 4.69) is 0 Å². The summed E-state index contributed by atoms with van der Waals surface area (Å²) in [7, 11) is -2.97. The lowest BCUT2D eigenvalue weighted by molar-refractivity contribution is -0.251. The molecule has 228 valence electrons. The molecule has 3 aliphatic rings. The first-order valence-electron chi connectivity index (χ1n) is 14.3. The first-order chi connectivity index (χ1) is 21.0. The topological polar surface area (TPSA) is 247 Å². The lowest BCUT2D eigenvalue weighted by Crippen LogP contribution is -2.53. The second-order valence-corrected chi connectivity index (χ2v) is 10.4. The SMILES string of the molecule is O=CO.[2H][13C]([2H])([2H])Oc1cccc2c1C(=O)c1c(O)c3c(c(O)c1C2=O)C[C@@](O)([C@H](O)CO)C[C@@H]3O[C@H]1C[C@H](N)[C@H](O)[C@H](C)O1. The highest BCUT2D eigenvalue weighted by Crippen LogP contribution is 2.52. The third kappa shape index (κ3) is 5.11. The van der Waals surface area contributed by atoms with Crippen molar-refractivity contribution in [2.45, 2.75) is 68.5 Å². The molecule has 0 spiro atoms. The molecule has 0 unspecified atom stereocenters. The number of phenols is 2. The van der Waals surface area contributed by atoms with Crippen LogP contribution in [0.1, 0.15) is 73.0 Å². The van der Waals surface area contributed by atoms with Crippen LogP contribution < -0.4 is 10.5 Å². The number of hydrogen-bond donors (Lipinski definition) is 8. The van der Waals surface area contributed by atoms with Gasteiger partial charge in [-0.05, 0) is 13.0 Å². The van der Waals surface area contributed by atoms with E-state index in [0.717, 1.165) is 0 Å². The van der Waals surface area contributed by atoms with Crippen molar-refractivity contribution in [3.8, 4) is 17.2 Å². The molecule has 0 radical (unpaired) electrons. The fourth-order valence-electron chi connectivity index (χ4n) is 5.76. The molecular formula is C28H33NO13. The average Bonchev–Trinajstić information content (AvgIpc) is 2.95. The fourth-order valence-corrected chi connectivity index (χ4v) is 5.76. The number of carboxylic acid groups (broad SMARTS) is 1. The van der Waals surface area contributed by atoms with Gasteiger partial charge in [0.2, 0.25) is 5.78 Å². The maximum Gasteiger partial charge on any atom is 0.290 e. The average molecular weight is 596 g/mol. The predicted molar refractivity (Wildman–Crippen MR) is 141 cm³/mol. The zero-order valence-electron chi connectivity index (χ0n) is 25.3. The van der Waals surface area contributed by atoms with E-state index in [9.17, 15) is 40.2 Å². The van der Waals surface area contributed by atoms with Crippen molar-refractivity contribution < 1.29 is 68.5 Å². The molecule has 0 amide bonds. The van der Waals surface area contributed by atoms with Crippen LogP contribution in [0, 0.1) is 0 Å². The minimum absolute atomic E-state index is 0.0172. The lowest BCUT2D eigenvalue weighted by Gasteiger charge is -2.44. The van der Waals surface area contributed by atoms with E-state index < -0.39 is 114 Å². The summed E-state index contributed by atoms with van der Waals surface area (Å²) < 4.78 is 39.0. The van der Waals surface area contributed by atoms with Gasteiger partial charge < -0.3 is 55.7 Å². The van der Waals surface area contributed by atoms with Crippen LogP contribution in [0.3, 0.4) is 0 Å². The van der Waals surface area contributed by atoms with Gasteiger partial charge in [0.05, 0.1) is 58.4 Å². The number of ether oxygens (including phenoxy) is 3. The van der Waals surface area contributed by atoms with Gasteiger partial charge in [-0.1, -0.05) is 12.1 Å². The lowest BCUT2D eigenvalue weighted by atomic mass is 9.71. The van der Waals surface area contributed by atoms with Gasteiger partial charge in [0.25, 0.3) is 6.47 Å². The molecule has 0 aromatic heterocycles. The number of aliphatic hydroxyl groups excluding tert-OH is 3. The summed E-state index contributed by atoms with van der Waals surface area (Å²) >= 11 is 0. The number of carbonyl (C=O) groups is 3. The second-order valence-electron chi connectivity index (χ2n) is 10.4. The number of nitrogens with two attached hydrogens (primary N) is 1. The number of hydrogen-bond acceptors (Lipinski definition) is 13. The molecule has 2 aromatic rings. The Morgan fingerprint density at radius 3 is 2.50 bits per heavy atom. The molecule has 2 aromatic carbocycles. The Labute approximate surface area is 243 Å². The van der Waals surface area contributed by atoms with Gasteiger partial charge >= 0.3 is 0 Å².